The van der Waals surface area contributed by atoms with Crippen LogP contribution in [0.25, 0.3) is 16.7 Å². The van der Waals surface area contributed by atoms with E-state index in [0.717, 1.165) is 33.7 Å². The molecule has 5 aromatic rings. The minimum atomic E-state index is -0.439. The van der Waals surface area contributed by atoms with Gasteiger partial charge in [0.25, 0.3) is 0 Å². The summed E-state index contributed by atoms with van der Waals surface area (Å²) in [5.41, 5.74) is 5.17. The van der Waals surface area contributed by atoms with Crippen LogP contribution < -0.4 is 10.9 Å². The van der Waals surface area contributed by atoms with Crippen LogP contribution in [0.15, 0.2) is 88.1 Å². The van der Waals surface area contributed by atoms with Gasteiger partial charge in [0, 0.05) is 16.9 Å². The zero-order chi connectivity index (χ0) is 24.1. The summed E-state index contributed by atoms with van der Waals surface area (Å²) in [6, 6.07) is 24.5. The molecular weight excluding hydrogens is 442 g/mol. The Balaban J connectivity index is 1.65. The fraction of sp³-hybridized carbons (Fsp3) is 0.107. The van der Waals surface area contributed by atoms with Gasteiger partial charge in [-0.25, -0.2) is 14.3 Å². The molecule has 7 nitrogen and oxygen atoms in total. The molecule has 0 fully saturated rings. The third kappa shape index (κ3) is 3.24. The van der Waals surface area contributed by atoms with Crippen molar-refractivity contribution in [1.82, 2.24) is 9.78 Å². The molecule has 0 saturated heterocycles. The Hall–Kier alpha value is -4.65. The predicted octanol–water partition coefficient (Wildman–Crippen LogP) is 5.31. The van der Waals surface area contributed by atoms with Crippen LogP contribution in [0, 0.1) is 6.92 Å². The molecule has 0 bridgehead atoms. The van der Waals surface area contributed by atoms with E-state index in [4.69, 9.17) is 14.3 Å². The molecule has 0 amide bonds. The molecular formula is C28H21N3O4. The summed E-state index contributed by atoms with van der Waals surface area (Å²) in [7, 11) is 1.35. The highest BCUT2D eigenvalue weighted by atomic mass is 16.5. The molecule has 7 heteroatoms. The zero-order valence-electron chi connectivity index (χ0n) is 19.1. The normalized spacial score (nSPS) is 14.2. The maximum Gasteiger partial charge on any atom is 0.342 e. The molecule has 6 rings (SSSR count). The van der Waals surface area contributed by atoms with E-state index in [0.29, 0.717) is 22.4 Å². The number of hydrogen-bond donors (Lipinski definition) is 1. The first-order valence-electron chi connectivity index (χ1n) is 11.2. The van der Waals surface area contributed by atoms with Gasteiger partial charge in [0.2, 0.25) is 0 Å². The summed E-state index contributed by atoms with van der Waals surface area (Å²) in [4.78, 5) is 25.4. The highest BCUT2D eigenvalue weighted by molar-refractivity contribution is 5.96. The number of carbonyl (C=O) groups is 1. The number of nitrogens with zero attached hydrogens (tertiary/aromatic N) is 2. The fourth-order valence-electron chi connectivity index (χ4n) is 4.85. The van der Waals surface area contributed by atoms with Crippen LogP contribution in [0.5, 0.6) is 0 Å². The number of para-hydroxylation sites is 2. The van der Waals surface area contributed by atoms with Gasteiger partial charge >= 0.3 is 11.6 Å². The Kier molecular flexibility index (Phi) is 4.77. The lowest BCUT2D eigenvalue weighted by molar-refractivity contribution is 0.0600. The minimum absolute atomic E-state index is 0.411. The van der Waals surface area contributed by atoms with Crippen molar-refractivity contribution in [2.75, 3.05) is 12.4 Å². The van der Waals surface area contributed by atoms with Gasteiger partial charge in [-0.1, -0.05) is 42.5 Å². The van der Waals surface area contributed by atoms with Crippen LogP contribution in [0.1, 0.15) is 38.7 Å². The third-order valence-electron chi connectivity index (χ3n) is 6.44. The summed E-state index contributed by atoms with van der Waals surface area (Å²) < 4.78 is 12.5. The maximum atomic E-state index is 13.4. The topological polar surface area (TPSA) is 86.4 Å². The average molecular weight is 463 g/mol. The van der Waals surface area contributed by atoms with Gasteiger partial charge in [-0.15, -0.1) is 0 Å². The summed E-state index contributed by atoms with van der Waals surface area (Å²) in [5, 5.41) is 9.16. The summed E-state index contributed by atoms with van der Waals surface area (Å²) >= 11 is 0. The highest BCUT2D eigenvalue weighted by Gasteiger charge is 2.36. The van der Waals surface area contributed by atoms with Crippen molar-refractivity contribution < 1.29 is 13.9 Å². The molecule has 172 valence electrons. The van der Waals surface area contributed by atoms with E-state index in [9.17, 15) is 9.59 Å². The van der Waals surface area contributed by atoms with E-state index in [2.05, 4.69) is 5.32 Å². The SMILES string of the molecule is COC(=O)c1ccc(C2c3c(C)nn(-c4ccccc4)c3Nc3c2c(=O)oc2ccccc32)cc1. The lowest BCUT2D eigenvalue weighted by atomic mass is 9.82. The van der Waals surface area contributed by atoms with Gasteiger partial charge < -0.3 is 14.5 Å². The van der Waals surface area contributed by atoms with Crippen LogP contribution in [0.4, 0.5) is 11.5 Å². The number of aryl methyl sites for hydroxylation is 1. The lowest BCUT2D eigenvalue weighted by Gasteiger charge is -2.28. The van der Waals surface area contributed by atoms with Crippen molar-refractivity contribution in [2.24, 2.45) is 0 Å². The van der Waals surface area contributed by atoms with Crippen molar-refractivity contribution in [3.05, 3.63) is 117 Å². The Morgan fingerprint density at radius 3 is 2.43 bits per heavy atom. The second kappa shape index (κ2) is 7.99. The fourth-order valence-corrected chi connectivity index (χ4v) is 4.85. The summed E-state index contributed by atoms with van der Waals surface area (Å²) in [6.07, 6.45) is 0. The molecule has 1 unspecified atom stereocenters. The number of nitrogens with one attached hydrogen (secondary N) is 1. The molecule has 3 aromatic carbocycles. The van der Waals surface area contributed by atoms with E-state index >= 15 is 0 Å². The molecule has 35 heavy (non-hydrogen) atoms. The highest BCUT2D eigenvalue weighted by Crippen LogP contribution is 2.47. The standard InChI is InChI=1S/C28H21N3O4/c1-16-22-23(17-12-14-18(15-13-17)27(32)34-2)24-25(20-10-6-7-11-21(20)35-28(24)33)29-26(22)31(30-16)19-8-4-3-5-9-19/h3-15,23,29H,1-2H3. The minimum Gasteiger partial charge on any atom is -0.465 e. The number of benzene rings is 3. The van der Waals surface area contributed by atoms with Crippen molar-refractivity contribution in [3.8, 4) is 5.69 Å². The Morgan fingerprint density at radius 2 is 1.69 bits per heavy atom. The van der Waals surface area contributed by atoms with Crippen molar-refractivity contribution in [2.45, 2.75) is 12.8 Å². The van der Waals surface area contributed by atoms with Crippen molar-refractivity contribution in [1.29, 1.82) is 0 Å². The maximum absolute atomic E-state index is 13.4. The second-order valence-electron chi connectivity index (χ2n) is 8.44. The van der Waals surface area contributed by atoms with Crippen LogP contribution in [-0.2, 0) is 4.74 Å². The van der Waals surface area contributed by atoms with E-state index < -0.39 is 17.5 Å². The van der Waals surface area contributed by atoms with Gasteiger partial charge in [-0.05, 0) is 48.9 Å². The molecule has 2 aromatic heterocycles. The number of esters is 1. The number of aromatic nitrogens is 2. The number of ether oxygens (including phenoxy) is 1. The van der Waals surface area contributed by atoms with E-state index in [1.165, 1.54) is 7.11 Å². The molecule has 3 heterocycles. The molecule has 0 saturated carbocycles. The molecule has 1 atom stereocenters. The number of fused-ring (bicyclic) bond motifs is 4. The Morgan fingerprint density at radius 1 is 0.971 bits per heavy atom. The van der Waals surface area contributed by atoms with Gasteiger partial charge in [-0.3, -0.25) is 0 Å². The van der Waals surface area contributed by atoms with Crippen LogP contribution in [0.3, 0.4) is 0 Å². The molecule has 1 N–H and O–H groups in total. The van der Waals surface area contributed by atoms with E-state index in [1.807, 2.05) is 72.3 Å². The first-order chi connectivity index (χ1) is 17.1. The third-order valence-corrected chi connectivity index (χ3v) is 6.44. The Bertz CT molecular complexity index is 1650. The summed E-state index contributed by atoms with van der Waals surface area (Å²) in [5.74, 6) is -0.0631. The molecule has 1 aliphatic heterocycles. The quantitative estimate of drug-likeness (QED) is 0.283. The second-order valence-corrected chi connectivity index (χ2v) is 8.44. The number of hydrogen-bond acceptors (Lipinski definition) is 6. The van der Waals surface area contributed by atoms with Gasteiger partial charge in [-0.2, -0.15) is 5.10 Å². The van der Waals surface area contributed by atoms with Gasteiger partial charge in [0.1, 0.15) is 11.4 Å². The molecule has 0 spiro atoms. The number of methoxy groups -OCH3 is 1. The average Bonchev–Trinajstić information content (AvgIpc) is 3.24. The zero-order valence-corrected chi connectivity index (χ0v) is 19.1. The summed E-state index contributed by atoms with van der Waals surface area (Å²) in [6.45, 7) is 1.93. The lowest BCUT2D eigenvalue weighted by Crippen LogP contribution is -2.23. The molecule has 0 radical (unpaired) electrons. The van der Waals surface area contributed by atoms with Gasteiger partial charge in [0.15, 0.2) is 0 Å². The number of carbonyl (C=O) groups excluding carboxylic acids is 1. The Labute approximate surface area is 200 Å². The van der Waals surface area contributed by atoms with Crippen molar-refractivity contribution >= 4 is 28.4 Å². The molecule has 1 aliphatic rings. The van der Waals surface area contributed by atoms with Crippen LogP contribution >= 0.6 is 0 Å². The van der Waals surface area contributed by atoms with Gasteiger partial charge in [0.05, 0.1) is 35.3 Å². The first kappa shape index (κ1) is 20.9. The van der Waals surface area contributed by atoms with Crippen LogP contribution in [-0.4, -0.2) is 22.9 Å². The predicted molar refractivity (Wildman–Crippen MR) is 133 cm³/mol. The van der Waals surface area contributed by atoms with Crippen LogP contribution in [0.2, 0.25) is 0 Å². The molecule has 0 aliphatic carbocycles. The largest absolute Gasteiger partial charge is 0.465 e. The monoisotopic (exact) mass is 463 g/mol. The smallest absolute Gasteiger partial charge is 0.342 e. The number of anilines is 2. The van der Waals surface area contributed by atoms with E-state index in [-0.39, 0.29) is 0 Å². The van der Waals surface area contributed by atoms with Crippen molar-refractivity contribution in [3.63, 3.8) is 0 Å². The first-order valence-corrected chi connectivity index (χ1v) is 11.2. The number of rotatable bonds is 3. The van der Waals surface area contributed by atoms with E-state index in [1.54, 1.807) is 18.2 Å².